The number of rotatable bonds is 3. The second kappa shape index (κ2) is 7.98. The molecule has 0 bridgehead atoms. The number of hydrogen-bond donors (Lipinski definition) is 3. The van der Waals surface area contributed by atoms with Crippen molar-refractivity contribution < 1.29 is 22.8 Å². The standard InChI is InChI=1S/C12H21F3N4O2.ClH/c1-11(2)7-19(4-3-8(11)16)5-9(20)18-10(21)17-6-12(13,14)15;/h8H,3-7,16H2,1-2H3,(H2,17,18,20,21);1H. The summed E-state index contributed by atoms with van der Waals surface area (Å²) >= 11 is 0. The molecule has 1 aliphatic rings. The molecule has 6 nitrogen and oxygen atoms in total. The molecule has 0 saturated carbocycles. The Morgan fingerprint density at radius 2 is 1.95 bits per heavy atom. The van der Waals surface area contributed by atoms with Crippen molar-refractivity contribution in [1.29, 1.82) is 0 Å². The van der Waals surface area contributed by atoms with Crippen molar-refractivity contribution >= 4 is 24.3 Å². The summed E-state index contributed by atoms with van der Waals surface area (Å²) < 4.78 is 35.7. The monoisotopic (exact) mass is 346 g/mol. The van der Waals surface area contributed by atoms with Crippen LogP contribution in [-0.2, 0) is 4.79 Å². The predicted molar refractivity (Wildman–Crippen MR) is 77.7 cm³/mol. The lowest BCUT2D eigenvalue weighted by Gasteiger charge is -2.42. The van der Waals surface area contributed by atoms with Crippen LogP contribution in [0, 0.1) is 5.41 Å². The summed E-state index contributed by atoms with van der Waals surface area (Å²) in [5.41, 5.74) is 5.81. The highest BCUT2D eigenvalue weighted by atomic mass is 35.5. The number of piperidine rings is 1. The minimum absolute atomic E-state index is 0. The number of hydrogen-bond acceptors (Lipinski definition) is 4. The Labute approximate surface area is 133 Å². The first-order valence-corrected chi connectivity index (χ1v) is 6.62. The summed E-state index contributed by atoms with van der Waals surface area (Å²) in [5, 5.41) is 3.46. The molecule has 130 valence electrons. The molecule has 10 heteroatoms. The van der Waals surface area contributed by atoms with Crippen LogP contribution in [0.2, 0.25) is 0 Å². The van der Waals surface area contributed by atoms with Gasteiger partial charge in [0, 0.05) is 19.1 Å². The predicted octanol–water partition coefficient (Wildman–Crippen LogP) is 0.855. The number of halogens is 4. The summed E-state index contributed by atoms with van der Waals surface area (Å²) in [6.45, 7) is 3.65. The van der Waals surface area contributed by atoms with E-state index in [0.717, 1.165) is 6.42 Å². The third-order valence-corrected chi connectivity index (χ3v) is 3.46. The quantitative estimate of drug-likeness (QED) is 0.707. The van der Waals surface area contributed by atoms with E-state index < -0.39 is 24.7 Å². The topological polar surface area (TPSA) is 87.5 Å². The average molecular weight is 347 g/mol. The van der Waals surface area contributed by atoms with Crippen molar-refractivity contribution in [2.45, 2.75) is 32.5 Å². The first kappa shape index (κ1) is 20.9. The SMILES string of the molecule is CC1(C)CN(CC(=O)NC(=O)NCC(F)(F)F)CCC1N.Cl. The van der Waals surface area contributed by atoms with Crippen LogP contribution >= 0.6 is 12.4 Å². The van der Waals surface area contributed by atoms with Crippen LogP contribution in [0.1, 0.15) is 20.3 Å². The minimum atomic E-state index is -4.51. The number of urea groups is 1. The average Bonchev–Trinajstić information content (AvgIpc) is 2.30. The summed E-state index contributed by atoms with van der Waals surface area (Å²) in [7, 11) is 0. The summed E-state index contributed by atoms with van der Waals surface area (Å²) in [5.74, 6) is -0.638. The summed E-state index contributed by atoms with van der Waals surface area (Å²) in [6, 6.07) is -1.11. The molecule has 1 unspecified atom stereocenters. The van der Waals surface area contributed by atoms with Gasteiger partial charge < -0.3 is 11.1 Å². The number of amides is 3. The van der Waals surface area contributed by atoms with Crippen LogP contribution < -0.4 is 16.4 Å². The van der Waals surface area contributed by atoms with Gasteiger partial charge in [0.05, 0.1) is 6.54 Å². The van der Waals surface area contributed by atoms with Gasteiger partial charge in [0.1, 0.15) is 6.54 Å². The number of likely N-dealkylation sites (tertiary alicyclic amines) is 1. The molecule has 0 radical (unpaired) electrons. The van der Waals surface area contributed by atoms with Crippen molar-refractivity contribution in [3.05, 3.63) is 0 Å². The Balaban J connectivity index is 0.00000441. The normalized spacial score (nSPS) is 21.6. The zero-order chi connectivity index (χ0) is 16.3. The van der Waals surface area contributed by atoms with Crippen LogP contribution in [0.5, 0.6) is 0 Å². The summed E-state index contributed by atoms with van der Waals surface area (Å²) in [4.78, 5) is 24.6. The maximum atomic E-state index is 11.9. The maximum absolute atomic E-state index is 11.9. The van der Waals surface area contributed by atoms with Crippen LogP contribution in [0.4, 0.5) is 18.0 Å². The fraction of sp³-hybridized carbons (Fsp3) is 0.833. The third kappa shape index (κ3) is 7.28. The Morgan fingerprint density at radius 1 is 1.36 bits per heavy atom. The Morgan fingerprint density at radius 3 is 2.45 bits per heavy atom. The molecule has 1 atom stereocenters. The van der Waals surface area contributed by atoms with Gasteiger partial charge in [0.15, 0.2) is 0 Å². The van der Waals surface area contributed by atoms with E-state index in [1.807, 2.05) is 24.1 Å². The molecule has 22 heavy (non-hydrogen) atoms. The smallest absolute Gasteiger partial charge is 0.329 e. The molecule has 1 heterocycles. The third-order valence-electron chi connectivity index (χ3n) is 3.46. The number of nitrogens with zero attached hydrogens (tertiary/aromatic N) is 1. The molecule has 4 N–H and O–H groups in total. The number of imide groups is 1. The van der Waals surface area contributed by atoms with Crippen molar-refractivity contribution in [2.75, 3.05) is 26.2 Å². The van der Waals surface area contributed by atoms with Gasteiger partial charge in [-0.25, -0.2) is 4.79 Å². The molecule has 0 aromatic heterocycles. The largest absolute Gasteiger partial charge is 0.405 e. The van der Waals surface area contributed by atoms with Crippen molar-refractivity contribution in [3.63, 3.8) is 0 Å². The van der Waals surface area contributed by atoms with Crippen LogP contribution in [0.15, 0.2) is 0 Å². The fourth-order valence-electron chi connectivity index (χ4n) is 2.21. The van der Waals surface area contributed by atoms with E-state index in [4.69, 9.17) is 5.73 Å². The van der Waals surface area contributed by atoms with E-state index >= 15 is 0 Å². The fourth-order valence-corrected chi connectivity index (χ4v) is 2.21. The highest BCUT2D eigenvalue weighted by molar-refractivity contribution is 5.95. The van der Waals surface area contributed by atoms with Gasteiger partial charge in [-0.05, 0) is 11.8 Å². The molecule has 0 aromatic carbocycles. The molecule has 0 spiro atoms. The molecule has 1 aliphatic heterocycles. The molecule has 1 rings (SSSR count). The maximum Gasteiger partial charge on any atom is 0.405 e. The highest BCUT2D eigenvalue weighted by Gasteiger charge is 2.34. The summed E-state index contributed by atoms with van der Waals surface area (Å²) in [6.07, 6.45) is -3.78. The first-order chi connectivity index (χ1) is 9.49. The number of carbonyl (C=O) groups excluding carboxylic acids is 2. The molecular formula is C12H22ClF3N4O2. The molecule has 3 amide bonds. The van der Waals surface area contributed by atoms with Gasteiger partial charge in [-0.1, -0.05) is 13.8 Å². The number of alkyl halides is 3. The Kier molecular flexibility index (Phi) is 7.60. The molecule has 1 fully saturated rings. The van der Waals surface area contributed by atoms with Crippen molar-refractivity contribution in [1.82, 2.24) is 15.5 Å². The van der Waals surface area contributed by atoms with Crippen LogP contribution in [0.3, 0.4) is 0 Å². The molecular weight excluding hydrogens is 325 g/mol. The van der Waals surface area contributed by atoms with Crippen molar-refractivity contribution in [2.24, 2.45) is 11.1 Å². The van der Waals surface area contributed by atoms with Crippen LogP contribution in [0.25, 0.3) is 0 Å². The minimum Gasteiger partial charge on any atom is -0.329 e. The van der Waals surface area contributed by atoms with Crippen molar-refractivity contribution in [3.8, 4) is 0 Å². The number of nitrogens with one attached hydrogen (secondary N) is 2. The van der Waals surface area contributed by atoms with E-state index in [-0.39, 0.29) is 30.4 Å². The lowest BCUT2D eigenvalue weighted by Crippen LogP contribution is -2.55. The van der Waals surface area contributed by atoms with Gasteiger partial charge in [0.25, 0.3) is 0 Å². The van der Waals surface area contributed by atoms with Gasteiger partial charge in [-0.2, -0.15) is 13.2 Å². The van der Waals surface area contributed by atoms with E-state index in [2.05, 4.69) is 0 Å². The van der Waals surface area contributed by atoms with E-state index in [1.54, 1.807) is 5.32 Å². The second-order valence-corrected chi connectivity index (χ2v) is 5.94. The van der Waals surface area contributed by atoms with E-state index in [0.29, 0.717) is 13.1 Å². The lowest BCUT2D eigenvalue weighted by atomic mass is 9.80. The number of nitrogens with two attached hydrogens (primary N) is 1. The first-order valence-electron chi connectivity index (χ1n) is 6.62. The Bertz CT molecular complexity index is 404. The number of carbonyl (C=O) groups is 2. The van der Waals surface area contributed by atoms with Gasteiger partial charge in [0.2, 0.25) is 5.91 Å². The molecule has 1 saturated heterocycles. The zero-order valence-electron chi connectivity index (χ0n) is 12.5. The van der Waals surface area contributed by atoms with E-state index in [9.17, 15) is 22.8 Å². The molecule has 0 aliphatic carbocycles. The lowest BCUT2D eigenvalue weighted by molar-refractivity contribution is -0.125. The second-order valence-electron chi connectivity index (χ2n) is 5.94. The van der Waals surface area contributed by atoms with Gasteiger partial charge in [-0.15, -0.1) is 12.4 Å². The van der Waals surface area contributed by atoms with E-state index in [1.165, 1.54) is 0 Å². The van der Waals surface area contributed by atoms with Crippen LogP contribution in [-0.4, -0.2) is 55.2 Å². The zero-order valence-corrected chi connectivity index (χ0v) is 13.3. The van der Waals surface area contributed by atoms with Gasteiger partial charge >= 0.3 is 12.2 Å². The Hall–Kier alpha value is -1.06. The van der Waals surface area contributed by atoms with Gasteiger partial charge in [-0.3, -0.25) is 15.0 Å². The highest BCUT2D eigenvalue weighted by Crippen LogP contribution is 2.27. The molecule has 0 aromatic rings.